The Bertz CT molecular complexity index is 424. The van der Waals surface area contributed by atoms with Crippen molar-refractivity contribution in [3.8, 4) is 0 Å². The van der Waals surface area contributed by atoms with Gasteiger partial charge in [0.05, 0.1) is 6.10 Å². The third-order valence-electron chi connectivity index (χ3n) is 2.87. The highest BCUT2D eigenvalue weighted by Crippen LogP contribution is 2.18. The fourth-order valence-electron chi connectivity index (χ4n) is 1.65. The second-order valence-electron chi connectivity index (χ2n) is 4.35. The van der Waals surface area contributed by atoms with Gasteiger partial charge in [0.1, 0.15) is 12.3 Å². The van der Waals surface area contributed by atoms with E-state index >= 15 is 0 Å². The van der Waals surface area contributed by atoms with Crippen LogP contribution in [0.2, 0.25) is 0 Å². The summed E-state index contributed by atoms with van der Waals surface area (Å²) in [4.78, 5) is 0. The molecule has 1 rings (SSSR count). The Morgan fingerprint density at radius 3 is 2.74 bits per heavy atom. The van der Waals surface area contributed by atoms with Crippen molar-refractivity contribution in [1.82, 2.24) is 5.43 Å². The fourth-order valence-corrected chi connectivity index (χ4v) is 1.65. The first-order chi connectivity index (χ1) is 9.08. The third kappa shape index (κ3) is 4.85. The van der Waals surface area contributed by atoms with Crippen molar-refractivity contribution < 1.29 is 9.13 Å². The number of nitrogens with one attached hydrogen (secondary N) is 1. The molecule has 0 heterocycles. The molecule has 3 unspecified atom stereocenters. The van der Waals surface area contributed by atoms with Crippen LogP contribution in [0.15, 0.2) is 60.4 Å². The molecule has 3 atom stereocenters. The first kappa shape index (κ1) is 15.4. The largest absolute Gasteiger partial charge is 0.363 e. The number of hydrogen-bond donors (Lipinski definition) is 2. The lowest BCUT2D eigenvalue weighted by molar-refractivity contribution is 0.0110. The van der Waals surface area contributed by atoms with Gasteiger partial charge in [-0.1, -0.05) is 30.9 Å². The smallest absolute Gasteiger partial charge is 0.148 e. The predicted octanol–water partition coefficient (Wildman–Crippen LogP) is 2.70. The minimum atomic E-state index is -1.10. The molecule has 19 heavy (non-hydrogen) atoms. The highest BCUT2D eigenvalue weighted by molar-refractivity contribution is 5.26. The van der Waals surface area contributed by atoms with Crippen molar-refractivity contribution in [2.45, 2.75) is 32.2 Å². The molecule has 104 valence electrons. The molecule has 0 amide bonds. The zero-order valence-corrected chi connectivity index (χ0v) is 11.3. The normalized spacial score (nSPS) is 25.3. The number of alkyl halides is 1. The Kier molecular flexibility index (Phi) is 6.25. The van der Waals surface area contributed by atoms with Crippen LogP contribution >= 0.6 is 0 Å². The van der Waals surface area contributed by atoms with E-state index in [9.17, 15) is 4.39 Å². The molecular weight excluding hydrogens is 243 g/mol. The van der Waals surface area contributed by atoms with Gasteiger partial charge in [-0.3, -0.25) is 5.84 Å². The van der Waals surface area contributed by atoms with E-state index in [2.05, 4.69) is 12.0 Å². The van der Waals surface area contributed by atoms with Crippen LogP contribution < -0.4 is 11.3 Å². The third-order valence-corrected chi connectivity index (χ3v) is 2.87. The topological polar surface area (TPSA) is 47.3 Å². The van der Waals surface area contributed by atoms with Crippen molar-refractivity contribution in [1.29, 1.82) is 0 Å². The Morgan fingerprint density at radius 1 is 1.47 bits per heavy atom. The van der Waals surface area contributed by atoms with E-state index in [4.69, 9.17) is 10.6 Å². The molecule has 0 aliphatic heterocycles. The Balaban J connectivity index is 2.66. The van der Waals surface area contributed by atoms with Crippen LogP contribution in [0.4, 0.5) is 4.39 Å². The molecule has 0 aromatic rings. The molecule has 0 spiro atoms. The van der Waals surface area contributed by atoms with Crippen LogP contribution in [0.1, 0.15) is 13.8 Å². The molecule has 0 aromatic heterocycles. The lowest BCUT2D eigenvalue weighted by Crippen LogP contribution is -2.28. The number of hydrazine groups is 1. The summed E-state index contributed by atoms with van der Waals surface area (Å²) in [5.74, 6) is 5.38. The summed E-state index contributed by atoms with van der Waals surface area (Å²) in [7, 11) is 0. The van der Waals surface area contributed by atoms with E-state index < -0.39 is 12.3 Å². The number of rotatable bonds is 6. The van der Waals surface area contributed by atoms with Gasteiger partial charge >= 0.3 is 0 Å². The van der Waals surface area contributed by atoms with Crippen LogP contribution in [-0.2, 0) is 4.74 Å². The van der Waals surface area contributed by atoms with E-state index in [1.54, 1.807) is 30.4 Å². The number of ether oxygens (including phenoxy) is 1. The maximum atomic E-state index is 13.6. The summed E-state index contributed by atoms with van der Waals surface area (Å²) in [6, 6.07) is 0. The molecule has 0 saturated carbocycles. The van der Waals surface area contributed by atoms with Crippen molar-refractivity contribution in [3.05, 3.63) is 60.4 Å². The molecule has 4 heteroatoms. The van der Waals surface area contributed by atoms with Gasteiger partial charge in [-0.15, -0.1) is 0 Å². The number of hydrogen-bond acceptors (Lipinski definition) is 3. The fraction of sp³-hybridized carbons (Fsp3) is 0.333. The summed E-state index contributed by atoms with van der Waals surface area (Å²) in [6.07, 6.45) is 10.1. The van der Waals surface area contributed by atoms with Gasteiger partial charge in [0.2, 0.25) is 0 Å². The van der Waals surface area contributed by atoms with E-state index in [1.807, 2.05) is 19.9 Å². The molecule has 0 aromatic carbocycles. The number of halogens is 1. The van der Waals surface area contributed by atoms with Crippen molar-refractivity contribution >= 4 is 0 Å². The number of nitrogens with two attached hydrogens (primary N) is 1. The second-order valence-corrected chi connectivity index (χ2v) is 4.35. The van der Waals surface area contributed by atoms with Gasteiger partial charge < -0.3 is 10.2 Å². The molecule has 3 nitrogen and oxygen atoms in total. The summed E-state index contributed by atoms with van der Waals surface area (Å²) in [6.45, 7) is 7.40. The summed E-state index contributed by atoms with van der Waals surface area (Å²) in [5.41, 5.74) is 4.23. The maximum Gasteiger partial charge on any atom is 0.148 e. The first-order valence-electron chi connectivity index (χ1n) is 6.20. The van der Waals surface area contributed by atoms with Crippen molar-refractivity contribution in [2.24, 2.45) is 5.84 Å². The Morgan fingerprint density at radius 2 is 2.16 bits per heavy atom. The van der Waals surface area contributed by atoms with E-state index in [-0.39, 0.29) is 6.10 Å². The lowest BCUT2D eigenvalue weighted by Gasteiger charge is -2.23. The van der Waals surface area contributed by atoms with Gasteiger partial charge in [-0.2, -0.15) is 0 Å². The zero-order chi connectivity index (χ0) is 14.3. The van der Waals surface area contributed by atoms with Crippen molar-refractivity contribution in [3.63, 3.8) is 0 Å². The molecular formula is C15H21FN2O. The minimum Gasteiger partial charge on any atom is -0.363 e. The van der Waals surface area contributed by atoms with Gasteiger partial charge in [0.15, 0.2) is 0 Å². The zero-order valence-electron chi connectivity index (χ0n) is 11.3. The maximum absolute atomic E-state index is 13.6. The van der Waals surface area contributed by atoms with E-state index in [0.717, 1.165) is 11.3 Å². The Labute approximate surface area is 114 Å². The highest BCUT2D eigenvalue weighted by Gasteiger charge is 2.21. The van der Waals surface area contributed by atoms with Gasteiger partial charge in [-0.25, -0.2) is 4.39 Å². The molecule has 3 N–H and O–H groups in total. The lowest BCUT2D eigenvalue weighted by atomic mass is 10.1. The van der Waals surface area contributed by atoms with Crippen LogP contribution in [0, 0.1) is 0 Å². The minimum absolute atomic E-state index is 0.207. The second kappa shape index (κ2) is 7.71. The van der Waals surface area contributed by atoms with Gasteiger partial charge in [0.25, 0.3) is 0 Å². The Hall–Kier alpha value is -1.65. The van der Waals surface area contributed by atoms with Crippen LogP contribution in [0.25, 0.3) is 0 Å². The monoisotopic (exact) mass is 264 g/mol. The predicted molar refractivity (Wildman–Crippen MR) is 76.9 cm³/mol. The molecule has 0 bridgehead atoms. The molecule has 1 aliphatic carbocycles. The summed E-state index contributed by atoms with van der Waals surface area (Å²) >= 11 is 0. The van der Waals surface area contributed by atoms with Gasteiger partial charge in [-0.05, 0) is 37.6 Å². The molecule has 0 radical (unpaired) electrons. The molecule has 1 aliphatic rings. The highest BCUT2D eigenvalue weighted by atomic mass is 19.1. The van der Waals surface area contributed by atoms with E-state index in [0.29, 0.717) is 0 Å². The average Bonchev–Trinajstić information content (AvgIpc) is 2.40. The standard InChI is InChI=1S/C15H21FN2O/c1-4-7-13(18-17)10-11(2)12(3)19-15-9-6-5-8-14(15)16/h4-10,12,14-15,18H,1,17H2,2-3H3/b11-10-,13-7+. The average molecular weight is 264 g/mol. The summed E-state index contributed by atoms with van der Waals surface area (Å²) < 4.78 is 19.3. The van der Waals surface area contributed by atoms with Crippen LogP contribution in [0.3, 0.4) is 0 Å². The quantitative estimate of drug-likeness (QED) is 0.440. The molecule has 0 fully saturated rings. The number of allylic oxidation sites excluding steroid dienone is 5. The van der Waals surface area contributed by atoms with Crippen molar-refractivity contribution in [2.75, 3.05) is 0 Å². The van der Waals surface area contributed by atoms with Crippen LogP contribution in [-0.4, -0.2) is 18.4 Å². The van der Waals surface area contributed by atoms with Crippen LogP contribution in [0.5, 0.6) is 0 Å². The first-order valence-corrected chi connectivity index (χ1v) is 6.20. The van der Waals surface area contributed by atoms with Gasteiger partial charge in [0, 0.05) is 5.70 Å². The van der Waals surface area contributed by atoms with E-state index in [1.165, 1.54) is 6.08 Å². The summed E-state index contributed by atoms with van der Waals surface area (Å²) in [5, 5.41) is 0. The molecule has 0 saturated heterocycles. The SMILES string of the molecule is C=C/C=C(\C=C(\C)C(C)OC1C=CC=CC1F)NN.